The van der Waals surface area contributed by atoms with Crippen molar-refractivity contribution in [3.63, 3.8) is 0 Å². The van der Waals surface area contributed by atoms with Gasteiger partial charge in [-0.15, -0.1) is 18.3 Å². The molecule has 2 rings (SSSR count). The van der Waals surface area contributed by atoms with Crippen LogP contribution < -0.4 is 0 Å². The summed E-state index contributed by atoms with van der Waals surface area (Å²) in [5.74, 6) is 1.32. The van der Waals surface area contributed by atoms with Crippen molar-refractivity contribution in [1.82, 2.24) is 0 Å². The van der Waals surface area contributed by atoms with Gasteiger partial charge in [-0.2, -0.15) is 0 Å². The Balaban J connectivity index is 2.70. The summed E-state index contributed by atoms with van der Waals surface area (Å²) in [6, 6.07) is 15.0. The fourth-order valence-electron chi connectivity index (χ4n) is 3.13. The van der Waals surface area contributed by atoms with E-state index in [2.05, 4.69) is 90.6 Å². The summed E-state index contributed by atoms with van der Waals surface area (Å²) in [6.45, 7) is 16.8. The molecule has 0 aliphatic heterocycles. The summed E-state index contributed by atoms with van der Waals surface area (Å²) in [4.78, 5) is 0. The standard InChI is InChI=1S/C24H32OS/c1-8-14-26-22(17-12-10-9-11-13-17)18-15-19(23(2,3)4)21(25)20(16-18)24(5,6)7/h8-13,15-16,22,25H,1,14H2,2-7H3/i21+1. The number of phenolic OH excluding ortho intramolecular Hbond substituents is 1. The summed E-state index contributed by atoms with van der Waals surface area (Å²) in [5.41, 5.74) is 4.31. The SMILES string of the molecule is C=CCSC(c1ccccc1)c1cc(C(C)(C)C)[13c](O)c(C(C)(C)C)c1. The van der Waals surface area contributed by atoms with E-state index >= 15 is 0 Å². The van der Waals surface area contributed by atoms with Crippen LogP contribution in [0.5, 0.6) is 5.75 Å². The molecular formula is C24H32OS. The highest BCUT2D eigenvalue weighted by Gasteiger charge is 2.28. The molecule has 0 bridgehead atoms. The number of hydrogen-bond acceptors (Lipinski definition) is 2. The van der Waals surface area contributed by atoms with Gasteiger partial charge in [0.15, 0.2) is 0 Å². The molecule has 26 heavy (non-hydrogen) atoms. The smallest absolute Gasteiger partial charge is 0.123 e. The molecule has 0 aromatic heterocycles. The first-order valence-corrected chi connectivity index (χ1v) is 10.3. The molecule has 1 unspecified atom stereocenters. The lowest BCUT2D eigenvalue weighted by molar-refractivity contribution is 0.423. The maximum atomic E-state index is 11.0. The van der Waals surface area contributed by atoms with E-state index in [-0.39, 0.29) is 16.1 Å². The summed E-state index contributed by atoms with van der Waals surface area (Å²) in [5, 5.41) is 11.2. The van der Waals surface area contributed by atoms with Crippen molar-refractivity contribution in [2.24, 2.45) is 0 Å². The molecule has 0 saturated heterocycles. The number of benzene rings is 2. The van der Waals surface area contributed by atoms with Crippen LogP contribution in [0.4, 0.5) is 0 Å². The van der Waals surface area contributed by atoms with Crippen molar-refractivity contribution in [3.8, 4) is 5.75 Å². The Bertz CT molecular complexity index is 713. The largest absolute Gasteiger partial charge is 0.507 e. The molecule has 0 heterocycles. The fraction of sp³-hybridized carbons (Fsp3) is 0.417. The van der Waals surface area contributed by atoms with Crippen LogP contribution in [0, 0.1) is 0 Å². The molecule has 0 saturated carbocycles. The van der Waals surface area contributed by atoms with Gasteiger partial charge in [-0.3, -0.25) is 0 Å². The minimum absolute atomic E-state index is 0.121. The normalized spacial score (nSPS) is 13.5. The van der Waals surface area contributed by atoms with Crippen LogP contribution in [-0.4, -0.2) is 10.9 Å². The quantitative estimate of drug-likeness (QED) is 0.573. The lowest BCUT2D eigenvalue weighted by atomic mass is 9.83. The van der Waals surface area contributed by atoms with Gasteiger partial charge in [0.1, 0.15) is 5.75 Å². The molecule has 2 heteroatoms. The van der Waals surface area contributed by atoms with Crippen molar-refractivity contribution in [2.45, 2.75) is 57.6 Å². The van der Waals surface area contributed by atoms with Gasteiger partial charge in [-0.1, -0.05) is 90.1 Å². The van der Waals surface area contributed by atoms with Crippen molar-refractivity contribution in [1.29, 1.82) is 0 Å². The molecular weight excluding hydrogens is 337 g/mol. The third kappa shape index (κ3) is 4.73. The van der Waals surface area contributed by atoms with Gasteiger partial charge in [-0.05, 0) is 33.1 Å². The Hall–Kier alpha value is -1.67. The predicted octanol–water partition coefficient (Wildman–Crippen LogP) is 7.00. The highest BCUT2D eigenvalue weighted by Crippen LogP contribution is 2.44. The molecule has 1 N–H and O–H groups in total. The summed E-state index contributed by atoms with van der Waals surface area (Å²) in [7, 11) is 0. The molecule has 0 aliphatic carbocycles. The zero-order valence-corrected chi connectivity index (χ0v) is 17.8. The number of hydrogen-bond donors (Lipinski definition) is 1. The number of phenols is 1. The number of rotatable bonds is 5. The summed E-state index contributed by atoms with van der Waals surface area (Å²) < 4.78 is 0. The van der Waals surface area contributed by atoms with E-state index in [4.69, 9.17) is 0 Å². The van der Waals surface area contributed by atoms with Crippen LogP contribution in [-0.2, 0) is 10.8 Å². The summed E-state index contributed by atoms with van der Waals surface area (Å²) >= 11 is 1.87. The topological polar surface area (TPSA) is 20.2 Å². The van der Waals surface area contributed by atoms with Crippen LogP contribution in [0.15, 0.2) is 55.1 Å². The Morgan fingerprint density at radius 2 is 1.42 bits per heavy atom. The Morgan fingerprint density at radius 1 is 0.923 bits per heavy atom. The van der Waals surface area contributed by atoms with Crippen molar-refractivity contribution in [2.75, 3.05) is 5.75 Å². The maximum Gasteiger partial charge on any atom is 0.123 e. The van der Waals surface area contributed by atoms with E-state index in [0.717, 1.165) is 16.9 Å². The van der Waals surface area contributed by atoms with Crippen LogP contribution in [0.25, 0.3) is 0 Å². The van der Waals surface area contributed by atoms with Gasteiger partial charge in [0.05, 0.1) is 5.25 Å². The van der Waals surface area contributed by atoms with Crippen molar-refractivity contribution in [3.05, 3.63) is 77.4 Å². The minimum atomic E-state index is -0.121. The van der Waals surface area contributed by atoms with E-state index in [1.54, 1.807) is 0 Å². The molecule has 140 valence electrons. The molecule has 2 aromatic rings. The zero-order chi connectivity index (χ0) is 19.5. The molecule has 1 nitrogen and oxygen atoms in total. The molecule has 2 aromatic carbocycles. The van der Waals surface area contributed by atoms with Crippen LogP contribution in [0.3, 0.4) is 0 Å². The third-order valence-electron chi connectivity index (χ3n) is 4.53. The second-order valence-electron chi connectivity index (χ2n) is 8.88. The molecule has 0 fully saturated rings. The Morgan fingerprint density at radius 3 is 1.85 bits per heavy atom. The van der Waals surface area contributed by atoms with E-state index in [0.29, 0.717) is 5.75 Å². The Kier molecular flexibility index (Phi) is 6.29. The molecule has 0 spiro atoms. The third-order valence-corrected chi connectivity index (χ3v) is 5.84. The van der Waals surface area contributed by atoms with Crippen LogP contribution in [0.2, 0.25) is 0 Å². The van der Waals surface area contributed by atoms with Gasteiger partial charge in [0, 0.05) is 5.75 Å². The monoisotopic (exact) mass is 369 g/mol. The average Bonchev–Trinajstić information content (AvgIpc) is 2.55. The second-order valence-corrected chi connectivity index (χ2v) is 10.0. The van der Waals surface area contributed by atoms with E-state index < -0.39 is 0 Å². The fourth-order valence-corrected chi connectivity index (χ4v) is 4.14. The molecule has 0 radical (unpaired) electrons. The number of thioether (sulfide) groups is 1. The highest BCUT2D eigenvalue weighted by atomic mass is 32.2. The predicted molar refractivity (Wildman–Crippen MR) is 116 cm³/mol. The average molecular weight is 370 g/mol. The van der Waals surface area contributed by atoms with Gasteiger partial charge >= 0.3 is 0 Å². The van der Waals surface area contributed by atoms with E-state index in [1.165, 1.54) is 11.1 Å². The minimum Gasteiger partial charge on any atom is -0.507 e. The van der Waals surface area contributed by atoms with Gasteiger partial charge in [0.2, 0.25) is 0 Å². The van der Waals surface area contributed by atoms with Crippen LogP contribution >= 0.6 is 11.8 Å². The zero-order valence-electron chi connectivity index (χ0n) is 17.0. The van der Waals surface area contributed by atoms with Gasteiger partial charge in [-0.25, -0.2) is 0 Å². The van der Waals surface area contributed by atoms with Gasteiger partial charge in [0.25, 0.3) is 0 Å². The first-order chi connectivity index (χ1) is 12.1. The first kappa shape index (κ1) is 20.6. The van der Waals surface area contributed by atoms with Crippen molar-refractivity contribution >= 4 is 11.8 Å². The number of aromatic hydroxyl groups is 1. The first-order valence-electron chi connectivity index (χ1n) is 9.21. The second kappa shape index (κ2) is 7.92. The lowest BCUT2D eigenvalue weighted by Gasteiger charge is -2.30. The molecule has 0 aliphatic rings. The molecule has 1 atom stereocenters. The van der Waals surface area contributed by atoms with Crippen molar-refractivity contribution < 1.29 is 5.11 Å². The highest BCUT2D eigenvalue weighted by molar-refractivity contribution is 7.99. The van der Waals surface area contributed by atoms with Crippen LogP contribution in [0.1, 0.15) is 69.0 Å². The maximum absolute atomic E-state index is 11.0. The lowest BCUT2D eigenvalue weighted by Crippen LogP contribution is -2.18. The van der Waals surface area contributed by atoms with E-state index in [1.807, 2.05) is 17.8 Å². The summed E-state index contributed by atoms with van der Waals surface area (Å²) in [6.07, 6.45) is 1.95. The van der Waals surface area contributed by atoms with E-state index in [9.17, 15) is 5.11 Å². The van der Waals surface area contributed by atoms with Gasteiger partial charge < -0.3 is 5.11 Å². The Labute approximate surface area is 163 Å². The molecule has 0 amide bonds.